The highest BCUT2D eigenvalue weighted by atomic mass is 15.1. The van der Waals surface area contributed by atoms with Crippen LogP contribution in [0.1, 0.15) is 74.9 Å². The molecule has 11 rings (SSSR count). The molecule has 0 bridgehead atoms. The summed E-state index contributed by atoms with van der Waals surface area (Å²) in [4.78, 5) is 2.54. The molecule has 0 heterocycles. The highest BCUT2D eigenvalue weighted by molar-refractivity contribution is 6.13. The highest BCUT2D eigenvalue weighted by Crippen LogP contribution is 2.62. The Morgan fingerprint density at radius 2 is 1.11 bits per heavy atom. The fourth-order valence-electron chi connectivity index (χ4n) is 10.5. The molecule has 1 atom stereocenters. The van der Waals surface area contributed by atoms with Crippen molar-refractivity contribution < 1.29 is 0 Å². The molecule has 0 N–H and O–H groups in total. The molecule has 3 aliphatic rings. The lowest BCUT2D eigenvalue weighted by atomic mass is 9.66. The molecule has 0 aliphatic heterocycles. The Kier molecular flexibility index (Phi) is 6.21. The van der Waals surface area contributed by atoms with Crippen LogP contribution >= 0.6 is 0 Å². The highest BCUT2D eigenvalue weighted by Gasteiger charge is 2.47. The average molecular weight is 694 g/mol. The van der Waals surface area contributed by atoms with Crippen molar-refractivity contribution in [1.82, 2.24) is 0 Å². The first-order valence-electron chi connectivity index (χ1n) is 19.4. The monoisotopic (exact) mass is 693 g/mol. The van der Waals surface area contributed by atoms with Gasteiger partial charge < -0.3 is 4.90 Å². The van der Waals surface area contributed by atoms with Crippen molar-refractivity contribution in [2.75, 3.05) is 4.90 Å². The van der Waals surface area contributed by atoms with Crippen LogP contribution in [0.25, 0.3) is 54.9 Å². The third-order valence-electron chi connectivity index (χ3n) is 13.2. The molecule has 1 heteroatoms. The number of nitrogens with zero attached hydrogens (tertiary/aromatic N) is 1. The average Bonchev–Trinajstić information content (AvgIpc) is 3.59. The summed E-state index contributed by atoms with van der Waals surface area (Å²) in [5, 5.41) is 5.25. The second-order valence-electron chi connectivity index (χ2n) is 17.5. The van der Waals surface area contributed by atoms with Gasteiger partial charge in [-0.3, -0.25) is 0 Å². The fourth-order valence-corrected chi connectivity index (χ4v) is 10.5. The van der Waals surface area contributed by atoms with E-state index in [2.05, 4.69) is 198 Å². The van der Waals surface area contributed by atoms with Crippen molar-refractivity contribution in [1.29, 1.82) is 0 Å². The quantitative estimate of drug-likeness (QED) is 0.178. The van der Waals surface area contributed by atoms with Crippen LogP contribution in [0.3, 0.4) is 0 Å². The van der Waals surface area contributed by atoms with Gasteiger partial charge in [-0.15, -0.1) is 0 Å². The van der Waals surface area contributed by atoms with Crippen LogP contribution in [0.15, 0.2) is 152 Å². The first-order chi connectivity index (χ1) is 26.1. The Morgan fingerprint density at radius 1 is 0.463 bits per heavy atom. The summed E-state index contributed by atoms with van der Waals surface area (Å²) in [5.41, 5.74) is 19.7. The molecule has 0 fully saturated rings. The van der Waals surface area contributed by atoms with Crippen LogP contribution < -0.4 is 4.90 Å². The first-order valence-corrected chi connectivity index (χ1v) is 19.4. The van der Waals surface area contributed by atoms with Crippen molar-refractivity contribution in [3.8, 4) is 33.4 Å². The van der Waals surface area contributed by atoms with Gasteiger partial charge in [0.05, 0.1) is 5.69 Å². The lowest BCUT2D eigenvalue weighted by Crippen LogP contribution is -2.27. The van der Waals surface area contributed by atoms with Crippen molar-refractivity contribution in [2.24, 2.45) is 0 Å². The molecular formula is C53H43N. The Morgan fingerprint density at radius 3 is 1.94 bits per heavy atom. The third-order valence-corrected chi connectivity index (χ3v) is 13.2. The van der Waals surface area contributed by atoms with Gasteiger partial charge >= 0.3 is 0 Å². The van der Waals surface area contributed by atoms with Crippen LogP contribution in [0.2, 0.25) is 0 Å². The molecule has 0 saturated carbocycles. The van der Waals surface area contributed by atoms with Crippen LogP contribution in [-0.2, 0) is 16.2 Å². The molecule has 54 heavy (non-hydrogen) atoms. The molecule has 8 aromatic carbocycles. The largest absolute Gasteiger partial charge is 0.310 e. The molecule has 8 aromatic rings. The topological polar surface area (TPSA) is 3.24 Å². The summed E-state index contributed by atoms with van der Waals surface area (Å²) in [6.07, 6.45) is 0. The molecule has 0 radical (unpaired) electrons. The van der Waals surface area contributed by atoms with Crippen molar-refractivity contribution in [3.63, 3.8) is 0 Å². The number of benzene rings is 8. The van der Waals surface area contributed by atoms with Gasteiger partial charge in [-0.25, -0.2) is 0 Å². The van der Waals surface area contributed by atoms with E-state index in [0.717, 1.165) is 5.69 Å². The molecule has 1 nitrogen and oxygen atoms in total. The SMILES string of the molecule is CC(C)(C)c1ccc(N(c2ccc3c(c2)-c2c(ccc4ccccc24)C3(C)C)c2ccc3cccc4c3c2-c2cccc3c2C4(C)c2ccccc2-3)cc1. The molecule has 260 valence electrons. The molecule has 3 aliphatic carbocycles. The van der Waals surface area contributed by atoms with Crippen LogP contribution in [0, 0.1) is 0 Å². The van der Waals surface area contributed by atoms with E-state index < -0.39 is 0 Å². The van der Waals surface area contributed by atoms with Crippen LogP contribution in [-0.4, -0.2) is 0 Å². The minimum absolute atomic E-state index is 0.0567. The zero-order valence-electron chi connectivity index (χ0n) is 31.9. The number of hydrogen-bond acceptors (Lipinski definition) is 1. The third kappa shape index (κ3) is 4.00. The Labute approximate surface area is 318 Å². The van der Waals surface area contributed by atoms with Gasteiger partial charge in [-0.1, -0.05) is 156 Å². The van der Waals surface area contributed by atoms with E-state index in [0.29, 0.717) is 0 Å². The Bertz CT molecular complexity index is 2900. The van der Waals surface area contributed by atoms with Crippen LogP contribution in [0.5, 0.6) is 0 Å². The summed E-state index contributed by atoms with van der Waals surface area (Å²) in [7, 11) is 0. The lowest BCUT2D eigenvalue weighted by Gasteiger charge is -2.38. The second-order valence-corrected chi connectivity index (χ2v) is 17.5. The second kappa shape index (κ2) is 10.6. The summed E-state index contributed by atoms with van der Waals surface area (Å²) < 4.78 is 0. The van der Waals surface area contributed by atoms with E-state index in [4.69, 9.17) is 0 Å². The van der Waals surface area contributed by atoms with Crippen molar-refractivity contribution in [2.45, 2.75) is 57.8 Å². The maximum absolute atomic E-state index is 2.54. The molecule has 0 aromatic heterocycles. The van der Waals surface area contributed by atoms with Gasteiger partial charge in [-0.05, 0) is 125 Å². The van der Waals surface area contributed by atoms with E-state index >= 15 is 0 Å². The zero-order valence-corrected chi connectivity index (χ0v) is 31.9. The zero-order chi connectivity index (χ0) is 36.7. The molecule has 0 saturated heterocycles. The van der Waals surface area contributed by atoms with Gasteiger partial charge in [0.25, 0.3) is 0 Å². The molecular weight excluding hydrogens is 651 g/mol. The summed E-state index contributed by atoms with van der Waals surface area (Å²) in [5.74, 6) is 0. The predicted octanol–water partition coefficient (Wildman–Crippen LogP) is 14.4. The summed E-state index contributed by atoms with van der Waals surface area (Å²) in [6, 6.07) is 57.9. The summed E-state index contributed by atoms with van der Waals surface area (Å²) >= 11 is 0. The lowest BCUT2D eigenvalue weighted by molar-refractivity contribution is 0.590. The van der Waals surface area contributed by atoms with E-state index in [9.17, 15) is 0 Å². The van der Waals surface area contributed by atoms with Crippen LogP contribution in [0.4, 0.5) is 17.1 Å². The minimum Gasteiger partial charge on any atom is -0.310 e. The van der Waals surface area contributed by atoms with Gasteiger partial charge in [0.2, 0.25) is 0 Å². The van der Waals surface area contributed by atoms with Crippen molar-refractivity contribution in [3.05, 3.63) is 185 Å². The molecule has 0 amide bonds. The molecule has 0 spiro atoms. The predicted molar refractivity (Wildman–Crippen MR) is 229 cm³/mol. The number of anilines is 3. The van der Waals surface area contributed by atoms with E-state index in [1.54, 1.807) is 0 Å². The van der Waals surface area contributed by atoms with E-state index in [-0.39, 0.29) is 16.2 Å². The normalized spacial score (nSPS) is 16.9. The fraction of sp³-hybridized carbons (Fsp3) is 0.170. The van der Waals surface area contributed by atoms with Gasteiger partial charge in [-0.2, -0.15) is 0 Å². The summed E-state index contributed by atoms with van der Waals surface area (Å²) in [6.45, 7) is 14.1. The molecule has 1 unspecified atom stereocenters. The Hall–Kier alpha value is -5.92. The van der Waals surface area contributed by atoms with E-state index in [1.807, 2.05) is 0 Å². The van der Waals surface area contributed by atoms with Gasteiger partial charge in [0.15, 0.2) is 0 Å². The standard InChI is InChI=1S/C53H43N/c1-51(2,3)34-23-25-35(26-24-34)54(36-27-29-42-41(31-36)48-37-15-8-7-13-32(37)21-28-44(48)52(42,4)5)46-30-22-33-14-11-20-45-47(33)49(46)40-18-12-17-39-38-16-9-10-19-43(38)53(45,6)50(39)40/h7-31H,1-6H3. The van der Waals surface area contributed by atoms with Crippen molar-refractivity contribution >= 4 is 38.6 Å². The first kappa shape index (κ1) is 31.6. The number of rotatable bonds is 3. The maximum atomic E-state index is 2.54. The van der Waals surface area contributed by atoms with Gasteiger partial charge in [0.1, 0.15) is 0 Å². The van der Waals surface area contributed by atoms with Gasteiger partial charge in [0, 0.05) is 27.8 Å². The smallest absolute Gasteiger partial charge is 0.0546 e. The Balaban J connectivity index is 1.23. The van der Waals surface area contributed by atoms with E-state index in [1.165, 1.54) is 99.7 Å². The minimum atomic E-state index is -0.239. The maximum Gasteiger partial charge on any atom is 0.0546 e. The number of fused-ring (bicyclic) bond motifs is 10. The number of hydrogen-bond donors (Lipinski definition) is 0.